The van der Waals surface area contributed by atoms with Crippen LogP contribution in [0.5, 0.6) is 0 Å². The maximum absolute atomic E-state index is 12.3. The van der Waals surface area contributed by atoms with Crippen molar-refractivity contribution in [3.05, 3.63) is 71.4 Å². The van der Waals surface area contributed by atoms with Gasteiger partial charge in [-0.25, -0.2) is 0 Å². The first-order chi connectivity index (χ1) is 20.7. The predicted octanol–water partition coefficient (Wildman–Crippen LogP) is 8.98. The molecule has 21 heteroatoms. The molecule has 2 heterocycles. The summed E-state index contributed by atoms with van der Waals surface area (Å²) in [6.45, 7) is 0. The van der Waals surface area contributed by atoms with Gasteiger partial charge in [0.05, 0.1) is 12.5 Å². The summed E-state index contributed by atoms with van der Waals surface area (Å²) < 4.78 is 81.9. The molecule has 234 valence electrons. The molecule has 0 saturated carbocycles. The van der Waals surface area contributed by atoms with Crippen LogP contribution in [-0.2, 0) is 23.7 Å². The van der Waals surface area contributed by atoms with Crippen LogP contribution in [-0.4, -0.2) is 36.1 Å². The van der Waals surface area contributed by atoms with Crippen molar-refractivity contribution in [1.29, 1.82) is 10.5 Å². The molecule has 0 atom stereocenters. The van der Waals surface area contributed by atoms with Gasteiger partial charge in [0, 0.05) is 16.7 Å². The minimum atomic E-state index is -4.71. The molecular formula is C23H14F6I4N7O3V. The Bertz CT molecular complexity index is 1560. The van der Waals surface area contributed by atoms with Gasteiger partial charge in [-0.1, -0.05) is 86.6 Å². The van der Waals surface area contributed by atoms with E-state index < -0.39 is 24.1 Å². The molecule has 0 amide bonds. The zero-order chi connectivity index (χ0) is 33.5. The Morgan fingerprint density at radius 1 is 0.818 bits per heavy atom. The number of benzene rings is 2. The van der Waals surface area contributed by atoms with Crippen LogP contribution in [0.15, 0.2) is 62.7 Å². The fraction of sp³-hybridized carbons (Fsp3) is 0.174. The number of oxime groups is 1. The molecule has 0 saturated heterocycles. The van der Waals surface area contributed by atoms with E-state index in [1.165, 1.54) is 36.4 Å². The summed E-state index contributed by atoms with van der Waals surface area (Å²) in [5.74, 6) is -3.18. The molecule has 0 aliphatic heterocycles. The summed E-state index contributed by atoms with van der Waals surface area (Å²) in [6, 6.07) is 15.5. The second kappa shape index (κ2) is 19.7. The van der Waals surface area contributed by atoms with Crippen molar-refractivity contribution in [3.63, 3.8) is 0 Å². The summed E-state index contributed by atoms with van der Waals surface area (Å²) in [4.78, 5) is 8.17. The monoisotopic (exact) mass is 1110 g/mol. The van der Waals surface area contributed by atoms with Gasteiger partial charge in [-0.2, -0.15) is 46.8 Å². The number of nitriles is 2. The minimum absolute atomic E-state index is 0.133. The van der Waals surface area contributed by atoms with E-state index in [2.05, 4.69) is 117 Å². The van der Waals surface area contributed by atoms with E-state index in [1.807, 2.05) is 11.0 Å². The van der Waals surface area contributed by atoms with Gasteiger partial charge in [0.25, 0.3) is 0 Å². The topological polar surface area (TPSA) is 158 Å². The van der Waals surface area contributed by atoms with Crippen LogP contribution >= 0.6 is 82.5 Å². The molecule has 0 spiro atoms. The van der Waals surface area contributed by atoms with E-state index in [0.29, 0.717) is 11.1 Å². The molecule has 44 heavy (non-hydrogen) atoms. The third-order valence-corrected chi connectivity index (χ3v) is 4.45. The number of alkyl halides is 7. The Balaban J connectivity index is 0.000000375. The number of aromatic nitrogens is 4. The molecule has 1 N–H and O–H groups in total. The Morgan fingerprint density at radius 3 is 1.50 bits per heavy atom. The van der Waals surface area contributed by atoms with E-state index in [-0.39, 0.29) is 34.3 Å². The predicted molar refractivity (Wildman–Crippen MR) is 175 cm³/mol. The summed E-state index contributed by atoms with van der Waals surface area (Å²) >= 11 is 9.54. The standard InChI is InChI=1S/C11H5F3N4O2.C11H6F3N3O.CH3I.3HI.V/c12-11(13,14)10-16-9(18-20-10)7-3-1-6(2-4-7)8(5-15)17-19;12-11(13,14)10-16-9(17-18-10)8-3-1-7(2-4-8)5-6-15;1-2;;;;/h1-4,19H;1-4H,5H2;1H3;3*1H;/q;;;;;;+3/p-3. The molecule has 0 aliphatic rings. The molecule has 4 rings (SSSR count). The van der Waals surface area contributed by atoms with Crippen LogP contribution in [0.2, 0.25) is 0 Å². The number of rotatable bonds is 4. The average molecular weight is 1110 g/mol. The Kier molecular flexibility index (Phi) is 18.0. The zero-order valence-corrected chi connectivity index (χ0v) is 31.5. The summed E-state index contributed by atoms with van der Waals surface area (Å²) in [5.41, 5.74) is 1.51. The van der Waals surface area contributed by atoms with E-state index in [1.54, 1.807) is 18.2 Å². The summed E-state index contributed by atoms with van der Waals surface area (Å²) in [7, 11) is 0. The molecule has 4 aromatic rings. The number of hydrogen-bond donors (Lipinski definition) is 1. The summed E-state index contributed by atoms with van der Waals surface area (Å²) in [6.07, 6.45) is -9.12. The molecule has 10 nitrogen and oxygen atoms in total. The van der Waals surface area contributed by atoms with E-state index in [4.69, 9.17) is 15.7 Å². The normalized spacial score (nSPS) is 11.1. The second-order valence-corrected chi connectivity index (χ2v) is 42.6. The van der Waals surface area contributed by atoms with E-state index in [9.17, 15) is 26.3 Å². The van der Waals surface area contributed by atoms with Gasteiger partial charge in [0.15, 0.2) is 5.71 Å². The van der Waals surface area contributed by atoms with Gasteiger partial charge in [0.1, 0.15) is 6.07 Å². The second-order valence-electron chi connectivity index (χ2n) is 7.20. The molecule has 0 radical (unpaired) electrons. The van der Waals surface area contributed by atoms with E-state index >= 15 is 0 Å². The van der Waals surface area contributed by atoms with Gasteiger partial charge in [-0.15, -0.1) is 0 Å². The third kappa shape index (κ3) is 13.7. The van der Waals surface area contributed by atoms with E-state index in [0.717, 1.165) is 5.56 Å². The van der Waals surface area contributed by atoms with Crippen LogP contribution < -0.4 is 0 Å². The molecular weight excluding hydrogens is 1090 g/mol. The first-order valence-corrected chi connectivity index (χ1v) is 26.5. The first kappa shape index (κ1) is 40.3. The van der Waals surface area contributed by atoms with Gasteiger partial charge in [-0.3, -0.25) is 0 Å². The van der Waals surface area contributed by atoms with Crippen molar-refractivity contribution in [2.75, 3.05) is 4.93 Å². The van der Waals surface area contributed by atoms with Gasteiger partial charge < -0.3 is 14.3 Å². The van der Waals surface area contributed by atoms with Crippen LogP contribution in [0.4, 0.5) is 26.3 Å². The number of halogens is 10. The Morgan fingerprint density at radius 2 is 1.20 bits per heavy atom. The van der Waals surface area contributed by atoms with Crippen molar-refractivity contribution in [1.82, 2.24) is 20.3 Å². The summed E-state index contributed by atoms with van der Waals surface area (Å²) in [5, 5.41) is 34.9. The number of nitrogens with zero attached hydrogens (tertiary/aromatic N) is 7. The van der Waals surface area contributed by atoms with Crippen LogP contribution in [0.25, 0.3) is 22.8 Å². The van der Waals surface area contributed by atoms with Gasteiger partial charge in [-0.05, 0) is 10.5 Å². The molecule has 2 aromatic heterocycles. The van der Waals surface area contributed by atoms with Crippen LogP contribution in [0.3, 0.4) is 0 Å². The average Bonchev–Trinajstić information content (AvgIpc) is 3.67. The fourth-order valence-corrected chi connectivity index (χ4v) is 2.70. The third-order valence-electron chi connectivity index (χ3n) is 4.45. The van der Waals surface area contributed by atoms with Gasteiger partial charge in [0.2, 0.25) is 11.6 Å². The zero-order valence-electron chi connectivity index (χ0n) is 21.4. The maximum atomic E-state index is 12.3. The Hall–Kier alpha value is -1.75. The van der Waals surface area contributed by atoms with Gasteiger partial charge >= 0.3 is 89.0 Å². The van der Waals surface area contributed by atoms with Crippen molar-refractivity contribution < 1.29 is 45.5 Å². The molecule has 0 unspecified atom stereocenters. The molecule has 0 aliphatic carbocycles. The number of hydrogen-bond acceptors (Lipinski definition) is 10. The van der Waals surface area contributed by atoms with Crippen molar-refractivity contribution >= 4 is 88.2 Å². The van der Waals surface area contributed by atoms with Crippen molar-refractivity contribution in [3.8, 4) is 34.9 Å². The van der Waals surface area contributed by atoms with Crippen molar-refractivity contribution in [2.45, 2.75) is 18.8 Å². The quantitative estimate of drug-likeness (QED) is 0.0526. The van der Waals surface area contributed by atoms with Crippen molar-refractivity contribution in [2.24, 2.45) is 5.16 Å². The molecule has 0 fully saturated rings. The molecule has 0 bridgehead atoms. The molecule has 2 aromatic carbocycles. The van der Waals surface area contributed by atoms with Crippen LogP contribution in [0.1, 0.15) is 22.9 Å². The Labute approximate surface area is 296 Å². The fourth-order valence-electron chi connectivity index (χ4n) is 2.70. The SMILES string of the molecule is CI.N#CC(=NO)c1ccc(-c2noc(C(F)(F)F)n2)cc1.N#CCc1ccc(-c2noc(C(F)(F)F)n2)cc1.[I][V]([I])[I]. The first-order valence-electron chi connectivity index (χ1n) is 10.9. The van der Waals surface area contributed by atoms with Crippen LogP contribution in [0, 0.1) is 22.7 Å².